The third-order valence-electron chi connectivity index (χ3n) is 4.48. The normalized spacial score (nSPS) is 16.1. The molecule has 0 saturated carbocycles. The number of aliphatic imine (C=N–C) groups is 2. The van der Waals surface area contributed by atoms with E-state index in [2.05, 4.69) is 26.3 Å². The molecule has 1 aliphatic rings. The standard InChI is InChI=1S/C18H20F3N5OS/c1-22-16(18(19,20)21)3-4-23-11-25-5-6-26-14-8-15(28-2)12(10-27)7-13(14)24-17(26)9-25/h3-4,7-8,27H,1,5-6,9-11H2,2H3/b16-3-,23-4-. The number of nitrogens with zero attached hydrogens (tertiary/aromatic N) is 5. The number of hydrogen-bond donors (Lipinski definition) is 1. The lowest BCUT2D eigenvalue weighted by molar-refractivity contribution is -0.0920. The SMILES string of the molecule is C=N/C(=C\C=N/CN1CCn2c(nc3cc(CO)c(SC)cc32)C1)C(F)(F)F. The van der Waals surface area contributed by atoms with Gasteiger partial charge < -0.3 is 9.67 Å². The number of aliphatic hydroxyl groups excluding tert-OH is 1. The molecule has 0 spiro atoms. The van der Waals surface area contributed by atoms with Crippen LogP contribution in [-0.2, 0) is 19.7 Å². The summed E-state index contributed by atoms with van der Waals surface area (Å²) in [6, 6.07) is 3.95. The summed E-state index contributed by atoms with van der Waals surface area (Å²) in [5.74, 6) is 0.873. The molecule has 1 N–H and O–H groups in total. The molecule has 0 atom stereocenters. The van der Waals surface area contributed by atoms with Crippen molar-refractivity contribution in [3.63, 3.8) is 0 Å². The molecule has 0 saturated heterocycles. The van der Waals surface area contributed by atoms with Crippen LogP contribution in [0, 0.1) is 0 Å². The predicted molar refractivity (Wildman–Crippen MR) is 105 cm³/mol. The number of allylic oxidation sites excluding steroid dienone is 2. The van der Waals surface area contributed by atoms with Crippen molar-refractivity contribution >= 4 is 35.7 Å². The maximum absolute atomic E-state index is 12.6. The first-order chi connectivity index (χ1) is 13.4. The van der Waals surface area contributed by atoms with E-state index >= 15 is 0 Å². The Morgan fingerprint density at radius 1 is 1.39 bits per heavy atom. The minimum atomic E-state index is -4.53. The minimum Gasteiger partial charge on any atom is -0.392 e. The highest BCUT2D eigenvalue weighted by atomic mass is 32.2. The Bertz CT molecular complexity index is 935. The first kappa shape index (κ1) is 20.6. The number of benzene rings is 1. The van der Waals surface area contributed by atoms with Crippen molar-refractivity contribution in [2.75, 3.05) is 19.5 Å². The van der Waals surface area contributed by atoms with Gasteiger partial charge in [0.05, 0.1) is 30.9 Å². The number of aliphatic hydroxyl groups is 1. The number of rotatable bonds is 6. The van der Waals surface area contributed by atoms with Gasteiger partial charge in [-0.2, -0.15) is 13.2 Å². The van der Waals surface area contributed by atoms with Crippen LogP contribution >= 0.6 is 11.8 Å². The van der Waals surface area contributed by atoms with Gasteiger partial charge in [0.25, 0.3) is 0 Å². The Hall–Kier alpha value is -2.17. The van der Waals surface area contributed by atoms with Gasteiger partial charge in [-0.15, -0.1) is 11.8 Å². The molecule has 2 aromatic rings. The fourth-order valence-electron chi connectivity index (χ4n) is 3.09. The number of imidazole rings is 1. The molecule has 1 aromatic carbocycles. The van der Waals surface area contributed by atoms with Gasteiger partial charge >= 0.3 is 6.18 Å². The average molecular weight is 411 g/mol. The molecule has 0 aliphatic carbocycles. The molecule has 1 aromatic heterocycles. The lowest BCUT2D eigenvalue weighted by Gasteiger charge is -2.26. The smallest absolute Gasteiger partial charge is 0.392 e. The van der Waals surface area contributed by atoms with Gasteiger partial charge in [0, 0.05) is 24.2 Å². The topological polar surface area (TPSA) is 66.0 Å². The number of alkyl halides is 3. The van der Waals surface area contributed by atoms with Crippen LogP contribution in [0.1, 0.15) is 11.4 Å². The Kier molecular flexibility index (Phi) is 6.21. The van der Waals surface area contributed by atoms with Crippen LogP contribution in [0.3, 0.4) is 0 Å². The maximum atomic E-state index is 12.6. The second kappa shape index (κ2) is 8.46. The van der Waals surface area contributed by atoms with Crippen LogP contribution in [-0.4, -0.2) is 58.1 Å². The van der Waals surface area contributed by atoms with E-state index in [4.69, 9.17) is 0 Å². The zero-order valence-corrected chi connectivity index (χ0v) is 16.1. The van der Waals surface area contributed by atoms with Gasteiger partial charge in [0.1, 0.15) is 11.5 Å². The van der Waals surface area contributed by atoms with Crippen molar-refractivity contribution in [2.24, 2.45) is 9.98 Å². The molecule has 2 heterocycles. The van der Waals surface area contributed by atoms with E-state index < -0.39 is 11.9 Å². The van der Waals surface area contributed by atoms with E-state index in [1.54, 1.807) is 11.8 Å². The summed E-state index contributed by atoms with van der Waals surface area (Å²) in [4.78, 5) is 14.7. The lowest BCUT2D eigenvalue weighted by atomic mass is 10.2. The molecular formula is C18H20F3N5OS. The highest BCUT2D eigenvalue weighted by Crippen LogP contribution is 2.29. The van der Waals surface area contributed by atoms with Crippen LogP contribution < -0.4 is 0 Å². The van der Waals surface area contributed by atoms with Crippen LogP contribution in [0.15, 0.2) is 38.8 Å². The largest absolute Gasteiger partial charge is 0.433 e. The summed E-state index contributed by atoms with van der Waals surface area (Å²) < 4.78 is 39.9. The van der Waals surface area contributed by atoms with E-state index in [0.717, 1.165) is 39.6 Å². The summed E-state index contributed by atoms with van der Waals surface area (Å²) in [6.07, 6.45) is -0.652. The Morgan fingerprint density at radius 2 is 2.18 bits per heavy atom. The molecule has 0 radical (unpaired) electrons. The van der Waals surface area contributed by atoms with Crippen molar-refractivity contribution in [1.29, 1.82) is 0 Å². The number of aromatic nitrogens is 2. The second-order valence-electron chi connectivity index (χ2n) is 6.22. The molecule has 6 nitrogen and oxygen atoms in total. The number of thioether (sulfide) groups is 1. The third kappa shape index (κ3) is 4.29. The van der Waals surface area contributed by atoms with Crippen LogP contribution in [0.4, 0.5) is 13.2 Å². The summed E-state index contributed by atoms with van der Waals surface area (Å²) in [5, 5.41) is 9.52. The van der Waals surface area contributed by atoms with Crippen molar-refractivity contribution in [1.82, 2.24) is 14.5 Å². The quantitative estimate of drug-likeness (QED) is 0.586. The zero-order valence-electron chi connectivity index (χ0n) is 15.3. The fourth-order valence-corrected chi connectivity index (χ4v) is 3.71. The summed E-state index contributed by atoms with van der Waals surface area (Å²) in [6.45, 7) is 5.12. The molecule has 150 valence electrons. The molecule has 0 fully saturated rings. The van der Waals surface area contributed by atoms with Gasteiger partial charge in [0.2, 0.25) is 0 Å². The molecular weight excluding hydrogens is 391 g/mol. The van der Waals surface area contributed by atoms with E-state index in [9.17, 15) is 18.3 Å². The molecule has 28 heavy (non-hydrogen) atoms. The van der Waals surface area contributed by atoms with Gasteiger partial charge in [-0.25, -0.2) is 4.98 Å². The lowest BCUT2D eigenvalue weighted by Crippen LogP contribution is -2.33. The molecule has 1 aliphatic heterocycles. The first-order valence-corrected chi connectivity index (χ1v) is 9.73. The van der Waals surface area contributed by atoms with E-state index in [1.165, 1.54) is 0 Å². The number of halogens is 3. The van der Waals surface area contributed by atoms with Crippen molar-refractivity contribution in [3.05, 3.63) is 35.3 Å². The Balaban J connectivity index is 1.73. The van der Waals surface area contributed by atoms with Crippen LogP contribution in [0.2, 0.25) is 0 Å². The summed E-state index contributed by atoms with van der Waals surface area (Å²) >= 11 is 1.58. The molecule has 3 rings (SSSR count). The zero-order chi connectivity index (χ0) is 20.3. The minimum absolute atomic E-state index is 0.0395. The number of hydrogen-bond acceptors (Lipinski definition) is 6. The molecule has 0 unspecified atom stereocenters. The van der Waals surface area contributed by atoms with Gasteiger partial charge in [0.15, 0.2) is 0 Å². The van der Waals surface area contributed by atoms with E-state index in [1.807, 2.05) is 23.3 Å². The van der Waals surface area contributed by atoms with Gasteiger partial charge in [-0.1, -0.05) is 0 Å². The van der Waals surface area contributed by atoms with Crippen LogP contribution in [0.25, 0.3) is 11.0 Å². The predicted octanol–water partition coefficient (Wildman–Crippen LogP) is 3.24. The van der Waals surface area contributed by atoms with Crippen molar-refractivity contribution < 1.29 is 18.3 Å². The maximum Gasteiger partial charge on any atom is 0.433 e. The van der Waals surface area contributed by atoms with E-state index in [0.29, 0.717) is 19.6 Å². The molecule has 0 amide bonds. The summed E-state index contributed by atoms with van der Waals surface area (Å²) in [7, 11) is 0. The summed E-state index contributed by atoms with van der Waals surface area (Å²) in [5.41, 5.74) is 1.63. The monoisotopic (exact) mass is 411 g/mol. The third-order valence-corrected chi connectivity index (χ3v) is 5.30. The van der Waals surface area contributed by atoms with Gasteiger partial charge in [-0.3, -0.25) is 14.9 Å². The highest BCUT2D eigenvalue weighted by Gasteiger charge is 2.32. The molecule has 0 bridgehead atoms. The van der Waals surface area contributed by atoms with Crippen molar-refractivity contribution in [2.45, 2.75) is 30.8 Å². The Labute approximate surface area is 164 Å². The van der Waals surface area contributed by atoms with Crippen LogP contribution in [0.5, 0.6) is 0 Å². The highest BCUT2D eigenvalue weighted by molar-refractivity contribution is 7.98. The number of fused-ring (bicyclic) bond motifs is 3. The van der Waals surface area contributed by atoms with Gasteiger partial charge in [-0.05, 0) is 36.7 Å². The van der Waals surface area contributed by atoms with Crippen molar-refractivity contribution in [3.8, 4) is 0 Å². The average Bonchev–Trinajstić information content (AvgIpc) is 3.02. The fraction of sp³-hybridized carbons (Fsp3) is 0.389. The Morgan fingerprint density at radius 3 is 2.82 bits per heavy atom. The molecule has 10 heteroatoms. The van der Waals surface area contributed by atoms with E-state index in [-0.39, 0.29) is 13.3 Å². The second-order valence-corrected chi connectivity index (χ2v) is 7.07. The first-order valence-electron chi connectivity index (χ1n) is 8.50.